The van der Waals surface area contributed by atoms with Crippen molar-refractivity contribution in [1.82, 2.24) is 9.06 Å². The second kappa shape index (κ2) is 4.41. The maximum absolute atomic E-state index is 10.5. The van der Waals surface area contributed by atoms with E-state index < -0.39 is 19.8 Å². The van der Waals surface area contributed by atoms with Crippen LogP contribution in [0.1, 0.15) is 6.92 Å². The lowest BCUT2D eigenvalue weighted by Gasteiger charge is -2.20. The molecule has 2 N–H and O–H groups in total. The molecule has 0 aliphatic heterocycles. The van der Waals surface area contributed by atoms with Crippen molar-refractivity contribution in [2.24, 2.45) is 0 Å². The number of hydrogen-bond donors (Lipinski definition) is 2. The molecule has 9 heteroatoms. The minimum absolute atomic E-state index is 0.376. The van der Waals surface area contributed by atoms with Gasteiger partial charge in [-0.25, -0.2) is 0 Å². The van der Waals surface area contributed by atoms with Gasteiger partial charge in [-0.15, -0.1) is 4.53 Å². The van der Waals surface area contributed by atoms with Crippen molar-refractivity contribution in [2.45, 2.75) is 6.92 Å². The number of amides is 1. The SMILES string of the molecule is CC(=O)N(Cl)N(Cl)CP(=O)(O)O. The molecule has 0 aliphatic carbocycles. The summed E-state index contributed by atoms with van der Waals surface area (Å²) in [6.07, 6.45) is -0.822. The summed E-state index contributed by atoms with van der Waals surface area (Å²) in [5, 5.41) is 0. The molecule has 0 radical (unpaired) electrons. The number of hydrogen-bond acceptors (Lipinski definition) is 3. The highest BCUT2D eigenvalue weighted by Crippen LogP contribution is 2.36. The van der Waals surface area contributed by atoms with E-state index in [9.17, 15) is 9.36 Å². The van der Waals surface area contributed by atoms with E-state index in [-0.39, 0.29) is 0 Å². The van der Waals surface area contributed by atoms with Crippen LogP contribution in [-0.4, -0.2) is 31.0 Å². The highest BCUT2D eigenvalue weighted by Gasteiger charge is 2.23. The van der Waals surface area contributed by atoms with Crippen LogP contribution < -0.4 is 0 Å². The molecule has 0 saturated heterocycles. The Morgan fingerprint density at radius 1 is 1.50 bits per heavy atom. The molecule has 6 nitrogen and oxygen atoms in total. The van der Waals surface area contributed by atoms with Gasteiger partial charge >= 0.3 is 7.60 Å². The standard InChI is InChI=1S/C3H7Cl2N2O4P/c1-3(8)7(5)6(4)2-12(9,10)11/h2H2,1H3,(H2,9,10,11). The average molecular weight is 237 g/mol. The maximum atomic E-state index is 10.5. The maximum Gasteiger partial charge on any atom is 0.342 e. The zero-order valence-corrected chi connectivity index (χ0v) is 8.42. The molecule has 1 amide bonds. The smallest absolute Gasteiger partial charge is 0.323 e. The molecule has 0 aromatic carbocycles. The summed E-state index contributed by atoms with van der Waals surface area (Å²) < 4.78 is 11.1. The minimum Gasteiger partial charge on any atom is -0.323 e. The lowest BCUT2D eigenvalue weighted by atomic mass is 10.8. The fraction of sp³-hybridized carbons (Fsp3) is 0.667. The Hall–Kier alpha value is 0.160. The normalized spacial score (nSPS) is 11.8. The zero-order valence-electron chi connectivity index (χ0n) is 6.02. The van der Waals surface area contributed by atoms with E-state index in [1.807, 2.05) is 0 Å². The van der Waals surface area contributed by atoms with Gasteiger partial charge in [0, 0.05) is 30.5 Å². The van der Waals surface area contributed by atoms with Gasteiger partial charge in [0.05, 0.1) is 0 Å². The van der Waals surface area contributed by atoms with Crippen LogP contribution in [0.3, 0.4) is 0 Å². The molecule has 0 fully saturated rings. The van der Waals surface area contributed by atoms with Crippen LogP contribution in [0.5, 0.6) is 0 Å². The number of halogens is 2. The van der Waals surface area contributed by atoms with Crippen molar-refractivity contribution in [2.75, 3.05) is 6.29 Å². The number of rotatable bonds is 3. The fourth-order valence-corrected chi connectivity index (χ4v) is 1.44. The predicted octanol–water partition coefficient (Wildman–Crippen LogP) is 0.495. The molecular formula is C3H7Cl2N2O4P. The van der Waals surface area contributed by atoms with Crippen molar-refractivity contribution in [3.05, 3.63) is 0 Å². The van der Waals surface area contributed by atoms with E-state index in [2.05, 4.69) is 0 Å². The van der Waals surface area contributed by atoms with Gasteiger partial charge in [0.1, 0.15) is 6.29 Å². The van der Waals surface area contributed by atoms with E-state index in [4.69, 9.17) is 33.3 Å². The third-order valence-corrected chi connectivity index (χ3v) is 2.32. The summed E-state index contributed by atoms with van der Waals surface area (Å²) in [6, 6.07) is 0. The largest absolute Gasteiger partial charge is 0.342 e. The summed E-state index contributed by atoms with van der Waals surface area (Å²) >= 11 is 10.4. The molecule has 0 aromatic rings. The van der Waals surface area contributed by atoms with Crippen LogP contribution in [0.4, 0.5) is 0 Å². The third-order valence-electron chi connectivity index (χ3n) is 0.751. The molecule has 0 unspecified atom stereocenters. The Morgan fingerprint density at radius 2 is 1.92 bits per heavy atom. The Bertz CT molecular complexity index is 218. The first-order chi connectivity index (χ1) is 5.24. The summed E-state index contributed by atoms with van der Waals surface area (Å²) in [5.74, 6) is -0.639. The molecule has 0 saturated carbocycles. The van der Waals surface area contributed by atoms with Crippen molar-refractivity contribution < 1.29 is 19.1 Å². The monoisotopic (exact) mass is 236 g/mol. The number of hydrazine groups is 1. The topological polar surface area (TPSA) is 81.1 Å². The van der Waals surface area contributed by atoms with E-state index in [0.717, 1.165) is 6.92 Å². The molecule has 0 aliphatic rings. The minimum atomic E-state index is -4.30. The van der Waals surface area contributed by atoms with E-state index in [0.29, 0.717) is 9.06 Å². The summed E-state index contributed by atoms with van der Waals surface area (Å²) in [5.41, 5.74) is 0. The average Bonchev–Trinajstić information content (AvgIpc) is 1.82. The van der Waals surface area contributed by atoms with Crippen LogP contribution in [0, 0.1) is 0 Å². The first-order valence-electron chi connectivity index (χ1n) is 2.68. The summed E-state index contributed by atoms with van der Waals surface area (Å²) in [6.45, 7) is 1.10. The van der Waals surface area contributed by atoms with Crippen molar-refractivity contribution in [3.8, 4) is 0 Å². The van der Waals surface area contributed by atoms with Crippen LogP contribution in [0.25, 0.3) is 0 Å². The summed E-state index contributed by atoms with van der Waals surface area (Å²) in [4.78, 5) is 27.3. The first-order valence-corrected chi connectivity index (χ1v) is 5.15. The summed E-state index contributed by atoms with van der Waals surface area (Å²) in [7, 11) is -4.30. The van der Waals surface area contributed by atoms with Crippen molar-refractivity contribution >= 4 is 37.1 Å². The predicted molar refractivity (Wildman–Crippen MR) is 43.0 cm³/mol. The molecule has 0 bridgehead atoms. The van der Waals surface area contributed by atoms with Crippen LogP contribution in [-0.2, 0) is 9.36 Å². The molecule has 0 spiro atoms. The molecule has 12 heavy (non-hydrogen) atoms. The molecule has 0 atom stereocenters. The van der Waals surface area contributed by atoms with Gasteiger partial charge in [-0.1, -0.05) is 0 Å². The Labute approximate surface area is 79.0 Å². The van der Waals surface area contributed by atoms with Gasteiger partial charge < -0.3 is 9.79 Å². The van der Waals surface area contributed by atoms with Crippen LogP contribution in [0.15, 0.2) is 0 Å². The number of nitrogens with zero attached hydrogens (tertiary/aromatic N) is 2. The second-order valence-electron chi connectivity index (χ2n) is 1.92. The lowest BCUT2D eigenvalue weighted by molar-refractivity contribution is -0.130. The van der Waals surface area contributed by atoms with Crippen molar-refractivity contribution in [1.29, 1.82) is 0 Å². The molecule has 0 rings (SSSR count). The van der Waals surface area contributed by atoms with Crippen LogP contribution in [0.2, 0.25) is 0 Å². The highest BCUT2D eigenvalue weighted by molar-refractivity contribution is 7.51. The first kappa shape index (κ1) is 12.2. The third kappa shape index (κ3) is 4.92. The van der Waals surface area contributed by atoms with E-state index in [1.54, 1.807) is 0 Å². The molecule has 0 heterocycles. The van der Waals surface area contributed by atoms with Gasteiger partial charge in [-0.3, -0.25) is 9.36 Å². The Kier molecular flexibility index (Phi) is 4.47. The van der Waals surface area contributed by atoms with Crippen molar-refractivity contribution in [3.63, 3.8) is 0 Å². The molecular weight excluding hydrogens is 230 g/mol. The fourth-order valence-electron chi connectivity index (χ4n) is 0.360. The van der Waals surface area contributed by atoms with Gasteiger partial charge in [0.25, 0.3) is 0 Å². The number of carbonyl (C=O) groups is 1. The van der Waals surface area contributed by atoms with E-state index >= 15 is 0 Å². The Balaban J connectivity index is 4.13. The van der Waals surface area contributed by atoms with E-state index in [1.165, 1.54) is 0 Å². The second-order valence-corrected chi connectivity index (χ2v) is 4.24. The molecule has 0 aromatic heterocycles. The molecule has 72 valence electrons. The quantitative estimate of drug-likeness (QED) is 0.424. The lowest BCUT2D eigenvalue weighted by Crippen LogP contribution is -2.32. The Morgan fingerprint density at radius 3 is 2.17 bits per heavy atom. The van der Waals surface area contributed by atoms with Crippen LogP contribution >= 0.6 is 31.1 Å². The van der Waals surface area contributed by atoms with Gasteiger partial charge in [-0.05, 0) is 0 Å². The van der Waals surface area contributed by atoms with Gasteiger partial charge in [0.2, 0.25) is 5.91 Å². The zero-order chi connectivity index (χ0) is 9.94. The highest BCUT2D eigenvalue weighted by atomic mass is 35.5. The van der Waals surface area contributed by atoms with Gasteiger partial charge in [0.15, 0.2) is 0 Å². The van der Waals surface area contributed by atoms with Gasteiger partial charge in [-0.2, -0.15) is 4.53 Å². The number of carbonyl (C=O) groups excluding carboxylic acids is 1.